The first-order chi connectivity index (χ1) is 14.0. The number of halogens is 3. The molecule has 1 fully saturated rings. The van der Waals surface area contributed by atoms with Crippen LogP contribution in [0.4, 0.5) is 18.0 Å². The summed E-state index contributed by atoms with van der Waals surface area (Å²) >= 11 is 0. The van der Waals surface area contributed by atoms with Gasteiger partial charge in [0.2, 0.25) is 0 Å². The van der Waals surface area contributed by atoms with E-state index in [1.54, 1.807) is 24.3 Å². The zero-order valence-electron chi connectivity index (χ0n) is 15.2. The molecule has 1 N–H and O–H groups in total. The molecule has 1 saturated heterocycles. The summed E-state index contributed by atoms with van der Waals surface area (Å²) in [4.78, 5) is 11.8. The molecule has 2 aromatic carbocycles. The Kier molecular flexibility index (Phi) is 4.64. The van der Waals surface area contributed by atoms with Crippen molar-refractivity contribution < 1.29 is 36.2 Å². The third kappa shape index (κ3) is 3.67. The number of aromatic nitrogens is 1. The topological polar surface area (TPSA) is 88.8 Å². The summed E-state index contributed by atoms with van der Waals surface area (Å²) in [5.74, 6) is -0.600. The van der Waals surface area contributed by atoms with Crippen LogP contribution in [0.15, 0.2) is 59.6 Å². The van der Waals surface area contributed by atoms with E-state index in [9.17, 15) is 26.4 Å². The Labute approximate surface area is 168 Å². The minimum absolute atomic E-state index is 0.0293. The number of hydrogen-bond donors (Lipinski definition) is 1. The lowest BCUT2D eigenvalue weighted by Gasteiger charge is -2.37. The smallest absolute Gasteiger partial charge is 0.465 e. The average Bonchev–Trinajstić information content (AvgIpc) is 3.03. The van der Waals surface area contributed by atoms with E-state index in [0.717, 1.165) is 21.7 Å². The Balaban J connectivity index is 1.65. The second-order valence-corrected chi connectivity index (χ2v) is 8.66. The lowest BCUT2D eigenvalue weighted by atomic mass is 9.91. The van der Waals surface area contributed by atoms with Gasteiger partial charge >= 0.3 is 12.5 Å². The van der Waals surface area contributed by atoms with Gasteiger partial charge in [-0.1, -0.05) is 12.1 Å². The molecule has 3 aromatic rings. The molecule has 0 aliphatic carbocycles. The number of likely N-dealkylation sites (tertiary alicyclic amines) is 1. The quantitative estimate of drug-likeness (QED) is 0.666. The number of ether oxygens (including phenoxy) is 1. The highest BCUT2D eigenvalue weighted by Crippen LogP contribution is 2.31. The van der Waals surface area contributed by atoms with Crippen molar-refractivity contribution >= 4 is 27.0 Å². The van der Waals surface area contributed by atoms with Gasteiger partial charge in [-0.3, -0.25) is 0 Å². The van der Waals surface area contributed by atoms with Crippen LogP contribution in [0.1, 0.15) is 11.5 Å². The molecule has 2 heterocycles. The number of nitrogens with zero attached hydrogens (tertiary/aromatic N) is 2. The molecule has 1 aromatic heterocycles. The first-order valence-electron chi connectivity index (χ1n) is 8.75. The number of benzene rings is 2. The predicted octanol–water partition coefficient (Wildman–Crippen LogP) is 3.85. The molecule has 1 aliphatic heterocycles. The molecule has 1 aliphatic rings. The summed E-state index contributed by atoms with van der Waals surface area (Å²) < 4.78 is 68.1. The third-order valence-electron chi connectivity index (χ3n) is 4.90. The lowest BCUT2D eigenvalue weighted by molar-refractivity contribution is -0.274. The number of hydrogen-bond acceptors (Lipinski definition) is 4. The first-order valence-corrected chi connectivity index (χ1v) is 10.2. The highest BCUT2D eigenvalue weighted by atomic mass is 32.2. The van der Waals surface area contributed by atoms with Gasteiger partial charge in [-0.05, 0) is 35.9 Å². The van der Waals surface area contributed by atoms with E-state index in [1.165, 1.54) is 23.2 Å². The molecule has 158 valence electrons. The standard InChI is InChI=1S/C19H15F3N2O5S/c20-19(21,22)29-15-2-1-3-16(9-15)30(27,28)24-7-6-13-8-12(4-5-17(13)24)14-10-23(11-14)18(25)26/h1-9,14H,10-11H2,(H,25,26). The Bertz CT molecular complexity index is 1230. The van der Waals surface area contributed by atoms with Gasteiger partial charge in [0.05, 0.1) is 10.4 Å². The number of carboxylic acid groups (broad SMARTS) is 1. The van der Waals surface area contributed by atoms with Crippen LogP contribution in [-0.2, 0) is 10.0 Å². The molecule has 7 nitrogen and oxygen atoms in total. The van der Waals surface area contributed by atoms with Gasteiger partial charge < -0.3 is 14.7 Å². The maximum Gasteiger partial charge on any atom is 0.573 e. The second-order valence-electron chi connectivity index (χ2n) is 6.84. The van der Waals surface area contributed by atoms with Gasteiger partial charge in [-0.2, -0.15) is 0 Å². The maximum atomic E-state index is 13.0. The van der Waals surface area contributed by atoms with Crippen LogP contribution in [0, 0.1) is 0 Å². The summed E-state index contributed by atoms with van der Waals surface area (Å²) in [6.45, 7) is 0.734. The average molecular weight is 440 g/mol. The molecule has 30 heavy (non-hydrogen) atoms. The van der Waals surface area contributed by atoms with Gasteiger partial charge in [-0.25, -0.2) is 17.2 Å². The van der Waals surface area contributed by atoms with E-state index in [-0.39, 0.29) is 10.8 Å². The molecule has 1 amide bonds. The van der Waals surface area contributed by atoms with Crippen LogP contribution in [0.5, 0.6) is 5.75 Å². The van der Waals surface area contributed by atoms with Crippen molar-refractivity contribution in [3.8, 4) is 5.75 Å². The van der Waals surface area contributed by atoms with E-state index in [1.807, 2.05) is 0 Å². The fourth-order valence-corrected chi connectivity index (χ4v) is 4.78. The van der Waals surface area contributed by atoms with Crippen molar-refractivity contribution in [2.75, 3.05) is 13.1 Å². The van der Waals surface area contributed by atoms with Crippen LogP contribution < -0.4 is 4.74 Å². The molecule has 4 rings (SSSR count). The fraction of sp³-hybridized carbons (Fsp3) is 0.211. The van der Waals surface area contributed by atoms with Crippen molar-refractivity contribution in [1.82, 2.24) is 8.87 Å². The van der Waals surface area contributed by atoms with Crippen LogP contribution in [-0.4, -0.2) is 47.9 Å². The normalized spacial score (nSPS) is 15.2. The number of fused-ring (bicyclic) bond motifs is 1. The minimum Gasteiger partial charge on any atom is -0.465 e. The molecule has 11 heteroatoms. The highest BCUT2D eigenvalue weighted by Gasteiger charge is 2.33. The molecular formula is C19H15F3N2O5S. The number of amides is 1. The third-order valence-corrected chi connectivity index (χ3v) is 6.58. The largest absolute Gasteiger partial charge is 0.573 e. The van der Waals surface area contributed by atoms with E-state index < -0.39 is 28.2 Å². The molecule has 0 unspecified atom stereocenters. The van der Waals surface area contributed by atoms with Crippen molar-refractivity contribution in [3.05, 3.63) is 60.3 Å². The Morgan fingerprint density at radius 2 is 1.83 bits per heavy atom. The highest BCUT2D eigenvalue weighted by molar-refractivity contribution is 7.90. The van der Waals surface area contributed by atoms with Crippen LogP contribution >= 0.6 is 0 Å². The van der Waals surface area contributed by atoms with E-state index in [0.29, 0.717) is 24.0 Å². The molecular weight excluding hydrogens is 425 g/mol. The van der Waals surface area contributed by atoms with Crippen molar-refractivity contribution in [1.29, 1.82) is 0 Å². The van der Waals surface area contributed by atoms with Gasteiger partial charge in [-0.15, -0.1) is 13.2 Å². The summed E-state index contributed by atoms with van der Waals surface area (Å²) in [7, 11) is -4.16. The van der Waals surface area contributed by atoms with Crippen LogP contribution in [0.3, 0.4) is 0 Å². The summed E-state index contributed by atoms with van der Waals surface area (Å²) in [5.41, 5.74) is 1.24. The van der Waals surface area contributed by atoms with Crippen molar-refractivity contribution in [2.45, 2.75) is 17.2 Å². The number of rotatable bonds is 4. The summed E-state index contributed by atoms with van der Waals surface area (Å²) in [6, 6.07) is 10.9. The lowest BCUT2D eigenvalue weighted by Crippen LogP contribution is -2.47. The molecule has 0 spiro atoms. The van der Waals surface area contributed by atoms with Crippen molar-refractivity contribution in [3.63, 3.8) is 0 Å². The van der Waals surface area contributed by atoms with Gasteiger partial charge in [0, 0.05) is 36.7 Å². The van der Waals surface area contributed by atoms with Crippen LogP contribution in [0.25, 0.3) is 10.9 Å². The molecule has 0 saturated carbocycles. The number of carbonyl (C=O) groups is 1. The van der Waals surface area contributed by atoms with E-state index in [2.05, 4.69) is 4.74 Å². The summed E-state index contributed by atoms with van der Waals surface area (Å²) in [5, 5.41) is 9.56. The Hall–Kier alpha value is -3.21. The van der Waals surface area contributed by atoms with E-state index >= 15 is 0 Å². The Morgan fingerprint density at radius 1 is 1.10 bits per heavy atom. The molecule has 0 radical (unpaired) electrons. The minimum atomic E-state index is -4.93. The monoisotopic (exact) mass is 440 g/mol. The SMILES string of the molecule is O=C(O)N1CC(c2ccc3c(ccn3S(=O)(=O)c3cccc(OC(F)(F)F)c3)c2)C1. The van der Waals surface area contributed by atoms with Gasteiger partial charge in [0.1, 0.15) is 5.75 Å². The van der Waals surface area contributed by atoms with Crippen LogP contribution in [0.2, 0.25) is 0 Å². The van der Waals surface area contributed by atoms with Gasteiger partial charge in [0.15, 0.2) is 0 Å². The zero-order valence-corrected chi connectivity index (χ0v) is 16.0. The van der Waals surface area contributed by atoms with E-state index in [4.69, 9.17) is 5.11 Å². The molecule has 0 bridgehead atoms. The molecule has 0 atom stereocenters. The van der Waals surface area contributed by atoms with Gasteiger partial charge in [0.25, 0.3) is 10.0 Å². The zero-order chi connectivity index (χ0) is 21.7. The van der Waals surface area contributed by atoms with Crippen molar-refractivity contribution in [2.24, 2.45) is 0 Å². The maximum absolute atomic E-state index is 13.0. The fourth-order valence-electron chi connectivity index (χ4n) is 3.39. The number of alkyl halides is 3. The first kappa shape index (κ1) is 20.1. The predicted molar refractivity (Wildman–Crippen MR) is 100.0 cm³/mol. The summed E-state index contributed by atoms with van der Waals surface area (Å²) in [6.07, 6.45) is -4.59. The Morgan fingerprint density at radius 3 is 2.50 bits per heavy atom. The second kappa shape index (κ2) is 6.94.